The molecule has 7 heteroatoms. The second-order valence-corrected chi connectivity index (χ2v) is 5.62. The smallest absolute Gasteiger partial charge is 0.256 e. The molecule has 0 saturated carbocycles. The largest absolute Gasteiger partial charge is 0.481 e. The van der Waals surface area contributed by atoms with Gasteiger partial charge in [0, 0.05) is 25.7 Å². The number of hydrogen-bond donors (Lipinski definition) is 0. The summed E-state index contributed by atoms with van der Waals surface area (Å²) in [6.07, 6.45) is 5.50. The number of aromatic nitrogens is 3. The standard InChI is InChI=1S/C16H20N4O3/c1-11-18-15(19-23-11)13-6-4-3-5-9-20(13)16(21)12-7-8-14(22-2)17-10-12/h7-8,10,13H,3-6,9H2,1-2H3/t13-/m1/s1. The normalized spacial score (nSPS) is 18.5. The molecule has 1 aliphatic rings. The van der Waals surface area contributed by atoms with Gasteiger partial charge in [0.05, 0.1) is 18.7 Å². The fraction of sp³-hybridized carbons (Fsp3) is 0.500. The number of rotatable bonds is 3. The molecule has 3 rings (SSSR count). The first-order valence-corrected chi connectivity index (χ1v) is 7.80. The molecule has 23 heavy (non-hydrogen) atoms. The molecule has 0 N–H and O–H groups in total. The lowest BCUT2D eigenvalue weighted by Gasteiger charge is -2.27. The molecule has 2 aromatic rings. The number of aryl methyl sites for hydroxylation is 1. The van der Waals surface area contributed by atoms with Crippen molar-refractivity contribution in [3.63, 3.8) is 0 Å². The summed E-state index contributed by atoms with van der Waals surface area (Å²) in [5.41, 5.74) is 0.540. The number of methoxy groups -OCH3 is 1. The Bertz CT molecular complexity index is 668. The molecule has 1 aliphatic heterocycles. The van der Waals surface area contributed by atoms with Crippen molar-refractivity contribution in [2.24, 2.45) is 0 Å². The van der Waals surface area contributed by atoms with Gasteiger partial charge in [-0.25, -0.2) is 4.98 Å². The maximum absolute atomic E-state index is 12.9. The molecule has 0 unspecified atom stereocenters. The fourth-order valence-corrected chi connectivity index (χ4v) is 2.86. The molecular weight excluding hydrogens is 296 g/mol. The number of amides is 1. The van der Waals surface area contributed by atoms with Crippen LogP contribution in [-0.2, 0) is 0 Å². The first-order valence-electron chi connectivity index (χ1n) is 7.80. The van der Waals surface area contributed by atoms with Gasteiger partial charge in [-0.3, -0.25) is 4.79 Å². The summed E-state index contributed by atoms with van der Waals surface area (Å²) in [6.45, 7) is 2.44. The van der Waals surface area contributed by atoms with E-state index in [4.69, 9.17) is 9.26 Å². The van der Waals surface area contributed by atoms with Crippen LogP contribution >= 0.6 is 0 Å². The highest BCUT2D eigenvalue weighted by atomic mass is 16.5. The first-order chi connectivity index (χ1) is 11.2. The zero-order valence-electron chi connectivity index (χ0n) is 13.4. The van der Waals surface area contributed by atoms with E-state index in [1.807, 2.05) is 4.90 Å². The van der Waals surface area contributed by atoms with Gasteiger partial charge in [0.25, 0.3) is 5.91 Å². The minimum Gasteiger partial charge on any atom is -0.481 e. The minimum atomic E-state index is -0.149. The van der Waals surface area contributed by atoms with Gasteiger partial charge in [0.15, 0.2) is 5.82 Å². The van der Waals surface area contributed by atoms with E-state index >= 15 is 0 Å². The van der Waals surface area contributed by atoms with Crippen molar-refractivity contribution in [1.82, 2.24) is 20.0 Å². The predicted molar refractivity (Wildman–Crippen MR) is 82.1 cm³/mol. The molecule has 2 aromatic heterocycles. The van der Waals surface area contributed by atoms with E-state index in [1.165, 1.54) is 0 Å². The lowest BCUT2D eigenvalue weighted by Crippen LogP contribution is -2.35. The lowest BCUT2D eigenvalue weighted by atomic mass is 10.1. The number of pyridine rings is 1. The third-order valence-corrected chi connectivity index (χ3v) is 4.05. The van der Waals surface area contributed by atoms with Crippen molar-refractivity contribution in [3.05, 3.63) is 35.6 Å². The molecule has 1 saturated heterocycles. The molecule has 0 bridgehead atoms. The minimum absolute atomic E-state index is 0.0606. The fourth-order valence-electron chi connectivity index (χ4n) is 2.86. The Kier molecular flexibility index (Phi) is 4.55. The molecule has 7 nitrogen and oxygen atoms in total. The van der Waals surface area contributed by atoms with Crippen molar-refractivity contribution in [3.8, 4) is 5.88 Å². The summed E-state index contributed by atoms with van der Waals surface area (Å²) in [6, 6.07) is 3.28. The summed E-state index contributed by atoms with van der Waals surface area (Å²) >= 11 is 0. The van der Waals surface area contributed by atoms with Crippen LogP contribution in [0.1, 0.15) is 53.8 Å². The van der Waals surface area contributed by atoms with Crippen LogP contribution in [0.5, 0.6) is 5.88 Å². The molecule has 0 radical (unpaired) electrons. The van der Waals surface area contributed by atoms with Crippen LogP contribution in [-0.4, -0.2) is 39.6 Å². The van der Waals surface area contributed by atoms with E-state index < -0.39 is 0 Å². The van der Waals surface area contributed by atoms with E-state index in [2.05, 4.69) is 15.1 Å². The van der Waals surface area contributed by atoms with E-state index in [1.54, 1.807) is 32.4 Å². The van der Waals surface area contributed by atoms with Crippen LogP contribution in [0.15, 0.2) is 22.9 Å². The molecule has 3 heterocycles. The molecule has 1 atom stereocenters. The van der Waals surface area contributed by atoms with Gasteiger partial charge >= 0.3 is 0 Å². The first kappa shape index (κ1) is 15.5. The highest BCUT2D eigenvalue weighted by Crippen LogP contribution is 2.29. The Morgan fingerprint density at radius 3 is 2.87 bits per heavy atom. The van der Waals surface area contributed by atoms with Crippen LogP contribution in [0.3, 0.4) is 0 Å². The van der Waals surface area contributed by atoms with Gasteiger partial charge in [0.2, 0.25) is 11.8 Å². The highest BCUT2D eigenvalue weighted by Gasteiger charge is 2.30. The van der Waals surface area contributed by atoms with E-state index in [9.17, 15) is 4.79 Å². The Hall–Kier alpha value is -2.44. The van der Waals surface area contributed by atoms with E-state index in [0.29, 0.717) is 29.7 Å². The van der Waals surface area contributed by atoms with Crippen LogP contribution in [0.25, 0.3) is 0 Å². The summed E-state index contributed by atoms with van der Waals surface area (Å²) in [4.78, 5) is 23.2. The maximum atomic E-state index is 12.9. The average Bonchev–Trinajstić information content (AvgIpc) is 2.86. The van der Waals surface area contributed by atoms with Gasteiger partial charge < -0.3 is 14.2 Å². The van der Waals surface area contributed by atoms with Crippen molar-refractivity contribution in [1.29, 1.82) is 0 Å². The number of likely N-dealkylation sites (tertiary alicyclic amines) is 1. The zero-order chi connectivity index (χ0) is 16.2. The highest BCUT2D eigenvalue weighted by molar-refractivity contribution is 5.94. The van der Waals surface area contributed by atoms with Crippen molar-refractivity contribution >= 4 is 5.91 Å². The van der Waals surface area contributed by atoms with Crippen LogP contribution in [0.4, 0.5) is 0 Å². The second kappa shape index (κ2) is 6.76. The molecule has 0 spiro atoms. The number of ether oxygens (including phenoxy) is 1. The Labute approximate surface area is 134 Å². The maximum Gasteiger partial charge on any atom is 0.256 e. The Balaban J connectivity index is 1.87. The van der Waals surface area contributed by atoms with Crippen LogP contribution in [0, 0.1) is 6.92 Å². The third kappa shape index (κ3) is 3.33. The van der Waals surface area contributed by atoms with Gasteiger partial charge in [0.1, 0.15) is 0 Å². The average molecular weight is 316 g/mol. The van der Waals surface area contributed by atoms with Gasteiger partial charge in [-0.15, -0.1) is 0 Å². The van der Waals surface area contributed by atoms with Crippen molar-refractivity contribution in [2.45, 2.75) is 38.6 Å². The Morgan fingerprint density at radius 1 is 1.35 bits per heavy atom. The zero-order valence-corrected chi connectivity index (χ0v) is 13.4. The molecule has 122 valence electrons. The van der Waals surface area contributed by atoms with Crippen molar-refractivity contribution < 1.29 is 14.1 Å². The summed E-state index contributed by atoms with van der Waals surface area (Å²) in [7, 11) is 1.55. The number of hydrogen-bond acceptors (Lipinski definition) is 6. The second-order valence-electron chi connectivity index (χ2n) is 5.62. The predicted octanol–water partition coefficient (Wildman–Crippen LogP) is 2.54. The van der Waals surface area contributed by atoms with Crippen LogP contribution < -0.4 is 4.74 Å². The third-order valence-electron chi connectivity index (χ3n) is 4.05. The molecule has 1 fully saturated rings. The lowest BCUT2D eigenvalue weighted by molar-refractivity contribution is 0.0670. The van der Waals surface area contributed by atoms with Crippen molar-refractivity contribution in [2.75, 3.05) is 13.7 Å². The Morgan fingerprint density at radius 2 is 2.22 bits per heavy atom. The van der Waals surface area contributed by atoms with Crippen LogP contribution in [0.2, 0.25) is 0 Å². The molecule has 0 aliphatic carbocycles. The molecule has 1 amide bonds. The number of nitrogens with zero attached hydrogens (tertiary/aromatic N) is 4. The number of carbonyl (C=O) groups excluding carboxylic acids is 1. The molecule has 0 aromatic carbocycles. The summed E-state index contributed by atoms with van der Waals surface area (Å²) in [5, 5.41) is 4.02. The SMILES string of the molecule is COc1ccc(C(=O)N2CCCCC[C@@H]2c2noc(C)n2)cn1. The van der Waals surface area contributed by atoms with Gasteiger partial charge in [-0.2, -0.15) is 4.98 Å². The monoisotopic (exact) mass is 316 g/mol. The topological polar surface area (TPSA) is 81.4 Å². The molecular formula is C16H20N4O3. The summed E-state index contributed by atoms with van der Waals surface area (Å²) < 4.78 is 10.1. The van der Waals surface area contributed by atoms with Gasteiger partial charge in [-0.1, -0.05) is 18.0 Å². The van der Waals surface area contributed by atoms with E-state index in [-0.39, 0.29) is 11.9 Å². The van der Waals surface area contributed by atoms with Gasteiger partial charge in [-0.05, 0) is 18.9 Å². The quantitative estimate of drug-likeness (QED) is 0.865. The van der Waals surface area contributed by atoms with E-state index in [0.717, 1.165) is 25.7 Å². The number of carbonyl (C=O) groups is 1. The summed E-state index contributed by atoms with van der Waals surface area (Å²) in [5.74, 6) is 1.53.